The van der Waals surface area contributed by atoms with E-state index < -0.39 is 5.97 Å². The molecule has 0 saturated heterocycles. The van der Waals surface area contributed by atoms with Crippen LogP contribution < -0.4 is 0 Å². The molecule has 1 heterocycles. The summed E-state index contributed by atoms with van der Waals surface area (Å²) < 4.78 is 6.74. The number of esters is 1. The third-order valence-electron chi connectivity index (χ3n) is 3.66. The lowest BCUT2D eigenvalue weighted by Crippen LogP contribution is -2.01. The first-order chi connectivity index (χ1) is 10.7. The highest BCUT2D eigenvalue weighted by atomic mass is 16.5. The summed E-state index contributed by atoms with van der Waals surface area (Å²) in [6.45, 7) is 0.669. The van der Waals surface area contributed by atoms with E-state index >= 15 is 0 Å². The van der Waals surface area contributed by atoms with Crippen molar-refractivity contribution in [3.05, 3.63) is 71.4 Å². The molecule has 0 spiro atoms. The fourth-order valence-corrected chi connectivity index (χ4v) is 2.57. The number of hydrogen-bond acceptors (Lipinski definition) is 3. The highest BCUT2D eigenvalue weighted by Gasteiger charge is 2.12. The van der Waals surface area contributed by atoms with Crippen LogP contribution in [0.3, 0.4) is 0 Å². The third kappa shape index (κ3) is 2.51. The summed E-state index contributed by atoms with van der Waals surface area (Å²) in [5.74, 6) is -0.408. The van der Waals surface area contributed by atoms with Gasteiger partial charge in [0.1, 0.15) is 0 Å². The fourth-order valence-electron chi connectivity index (χ4n) is 2.57. The summed E-state index contributed by atoms with van der Waals surface area (Å²) in [6.07, 6.45) is 2.62. The molecule has 0 bridgehead atoms. The lowest BCUT2D eigenvalue weighted by Gasteiger charge is -2.06. The van der Waals surface area contributed by atoms with Gasteiger partial charge in [0.25, 0.3) is 0 Å². The second kappa shape index (κ2) is 5.85. The van der Waals surface area contributed by atoms with Crippen LogP contribution in [0, 0.1) is 0 Å². The molecule has 1 aromatic heterocycles. The minimum atomic E-state index is -0.408. The molecule has 0 aliphatic rings. The number of ether oxygens (including phenoxy) is 1. The number of carbonyl (C=O) groups excluding carboxylic acids is 2. The number of nitrogens with zero attached hydrogens (tertiary/aromatic N) is 1. The van der Waals surface area contributed by atoms with E-state index in [0.29, 0.717) is 17.7 Å². The highest BCUT2D eigenvalue weighted by molar-refractivity contribution is 6.01. The molecule has 3 aromatic rings. The minimum Gasteiger partial charge on any atom is -0.465 e. The SMILES string of the molecule is COC(=O)c1ccc2c(c1)c(C=O)cn2Cc1ccccc1. The smallest absolute Gasteiger partial charge is 0.337 e. The molecule has 0 radical (unpaired) electrons. The van der Waals surface area contributed by atoms with E-state index in [-0.39, 0.29) is 0 Å². The summed E-state index contributed by atoms with van der Waals surface area (Å²) in [4.78, 5) is 22.9. The van der Waals surface area contributed by atoms with E-state index in [1.54, 1.807) is 12.1 Å². The lowest BCUT2D eigenvalue weighted by molar-refractivity contribution is 0.0601. The predicted octanol–water partition coefficient (Wildman–Crippen LogP) is 3.29. The van der Waals surface area contributed by atoms with Crippen molar-refractivity contribution in [1.29, 1.82) is 0 Å². The van der Waals surface area contributed by atoms with Crippen molar-refractivity contribution in [2.45, 2.75) is 6.54 Å². The van der Waals surface area contributed by atoms with Gasteiger partial charge in [0.05, 0.1) is 12.7 Å². The van der Waals surface area contributed by atoms with Crippen LogP contribution in [0.1, 0.15) is 26.3 Å². The van der Waals surface area contributed by atoms with Gasteiger partial charge in [-0.3, -0.25) is 4.79 Å². The zero-order chi connectivity index (χ0) is 15.5. The van der Waals surface area contributed by atoms with Crippen LogP contribution >= 0.6 is 0 Å². The first kappa shape index (κ1) is 14.1. The summed E-state index contributed by atoms with van der Waals surface area (Å²) in [5.41, 5.74) is 3.07. The van der Waals surface area contributed by atoms with Gasteiger partial charge in [-0.15, -0.1) is 0 Å². The largest absolute Gasteiger partial charge is 0.465 e. The van der Waals surface area contributed by atoms with Gasteiger partial charge in [-0.2, -0.15) is 0 Å². The zero-order valence-electron chi connectivity index (χ0n) is 12.2. The fraction of sp³-hybridized carbons (Fsp3) is 0.111. The molecule has 2 aromatic carbocycles. The molecule has 0 fully saturated rings. The summed E-state index contributed by atoms with van der Waals surface area (Å²) in [5, 5.41) is 0.758. The van der Waals surface area contributed by atoms with Crippen molar-refractivity contribution in [3.8, 4) is 0 Å². The molecule has 0 aliphatic carbocycles. The van der Waals surface area contributed by atoms with Crippen molar-refractivity contribution in [1.82, 2.24) is 4.57 Å². The number of carbonyl (C=O) groups is 2. The van der Waals surface area contributed by atoms with Gasteiger partial charge in [0.2, 0.25) is 0 Å². The van der Waals surface area contributed by atoms with E-state index in [1.807, 2.05) is 47.2 Å². The van der Waals surface area contributed by atoms with Crippen LogP contribution in [0.4, 0.5) is 0 Å². The summed E-state index contributed by atoms with van der Waals surface area (Å²) in [7, 11) is 1.34. The average molecular weight is 293 g/mol. The van der Waals surface area contributed by atoms with Crippen LogP contribution in [-0.4, -0.2) is 23.9 Å². The Kier molecular flexibility index (Phi) is 3.74. The number of methoxy groups -OCH3 is 1. The van der Waals surface area contributed by atoms with Crippen molar-refractivity contribution < 1.29 is 14.3 Å². The molecule has 0 saturated carbocycles. The van der Waals surface area contributed by atoms with Gasteiger partial charge in [0, 0.05) is 29.2 Å². The number of fused-ring (bicyclic) bond motifs is 1. The second-order valence-corrected chi connectivity index (χ2v) is 5.04. The van der Waals surface area contributed by atoms with E-state index in [0.717, 1.165) is 22.8 Å². The Hall–Kier alpha value is -2.88. The Morgan fingerprint density at radius 2 is 1.95 bits per heavy atom. The second-order valence-electron chi connectivity index (χ2n) is 5.04. The number of hydrogen-bond donors (Lipinski definition) is 0. The van der Waals surface area contributed by atoms with Gasteiger partial charge in [-0.25, -0.2) is 4.79 Å². The molecule has 22 heavy (non-hydrogen) atoms. The van der Waals surface area contributed by atoms with Crippen LogP contribution in [0.15, 0.2) is 54.7 Å². The first-order valence-corrected chi connectivity index (χ1v) is 6.93. The van der Waals surface area contributed by atoms with E-state index in [4.69, 9.17) is 4.74 Å². The third-order valence-corrected chi connectivity index (χ3v) is 3.66. The van der Waals surface area contributed by atoms with E-state index in [1.165, 1.54) is 7.11 Å². The molecule has 0 unspecified atom stereocenters. The Bertz CT molecular complexity index is 834. The number of aldehydes is 1. The predicted molar refractivity (Wildman–Crippen MR) is 84.2 cm³/mol. The van der Waals surface area contributed by atoms with Gasteiger partial charge < -0.3 is 9.30 Å². The lowest BCUT2D eigenvalue weighted by atomic mass is 10.1. The Morgan fingerprint density at radius 1 is 1.18 bits per heavy atom. The molecular weight excluding hydrogens is 278 g/mol. The van der Waals surface area contributed by atoms with Crippen molar-refractivity contribution >= 4 is 23.2 Å². The Morgan fingerprint density at radius 3 is 2.64 bits per heavy atom. The highest BCUT2D eigenvalue weighted by Crippen LogP contribution is 2.23. The van der Waals surface area contributed by atoms with Gasteiger partial charge in [0.15, 0.2) is 6.29 Å². The summed E-state index contributed by atoms with van der Waals surface area (Å²) >= 11 is 0. The molecular formula is C18H15NO3. The maximum absolute atomic E-state index is 11.6. The van der Waals surface area contributed by atoms with Gasteiger partial charge in [-0.1, -0.05) is 30.3 Å². The molecule has 110 valence electrons. The van der Waals surface area contributed by atoms with Crippen LogP contribution in [0.5, 0.6) is 0 Å². The quantitative estimate of drug-likeness (QED) is 0.548. The molecule has 0 atom stereocenters. The maximum Gasteiger partial charge on any atom is 0.337 e. The van der Waals surface area contributed by atoms with Crippen LogP contribution in [0.25, 0.3) is 10.9 Å². The number of aromatic nitrogens is 1. The topological polar surface area (TPSA) is 48.3 Å². The Labute approximate surface area is 127 Å². The normalized spacial score (nSPS) is 10.6. The van der Waals surface area contributed by atoms with Crippen molar-refractivity contribution in [3.63, 3.8) is 0 Å². The molecule has 4 heteroatoms. The first-order valence-electron chi connectivity index (χ1n) is 6.93. The molecule has 3 rings (SSSR count). The van der Waals surface area contributed by atoms with Gasteiger partial charge >= 0.3 is 5.97 Å². The minimum absolute atomic E-state index is 0.408. The van der Waals surface area contributed by atoms with Crippen molar-refractivity contribution in [2.24, 2.45) is 0 Å². The van der Waals surface area contributed by atoms with Crippen LogP contribution in [0.2, 0.25) is 0 Å². The monoisotopic (exact) mass is 293 g/mol. The molecule has 0 aliphatic heterocycles. The average Bonchev–Trinajstić information content (AvgIpc) is 2.92. The Balaban J connectivity index is 2.08. The maximum atomic E-state index is 11.6. The van der Waals surface area contributed by atoms with E-state index in [2.05, 4.69) is 0 Å². The molecule has 0 N–H and O–H groups in total. The zero-order valence-corrected chi connectivity index (χ0v) is 12.2. The van der Waals surface area contributed by atoms with Crippen LogP contribution in [-0.2, 0) is 11.3 Å². The standard InChI is InChI=1S/C18H15NO3/c1-22-18(21)14-7-8-17-16(9-14)15(12-20)11-19(17)10-13-5-3-2-4-6-13/h2-9,11-12H,10H2,1H3. The van der Waals surface area contributed by atoms with Crippen molar-refractivity contribution in [2.75, 3.05) is 7.11 Å². The summed E-state index contributed by atoms with van der Waals surface area (Å²) in [6, 6.07) is 15.3. The molecule has 0 amide bonds. The van der Waals surface area contributed by atoms with Gasteiger partial charge in [-0.05, 0) is 23.8 Å². The van der Waals surface area contributed by atoms with E-state index in [9.17, 15) is 9.59 Å². The molecule has 4 nitrogen and oxygen atoms in total. The number of rotatable bonds is 4. The number of benzene rings is 2.